The summed E-state index contributed by atoms with van der Waals surface area (Å²) in [5.74, 6) is -1.38. The quantitative estimate of drug-likeness (QED) is 0.0477. The van der Waals surface area contributed by atoms with Gasteiger partial charge in [0.2, 0.25) is 0 Å². The molecule has 4 aromatic rings. The van der Waals surface area contributed by atoms with Crippen LogP contribution in [0, 0.1) is 17.0 Å². The van der Waals surface area contributed by atoms with Gasteiger partial charge in [0.15, 0.2) is 5.75 Å². The van der Waals surface area contributed by atoms with Gasteiger partial charge in [0.25, 0.3) is 17.5 Å². The average Bonchev–Trinajstić information content (AvgIpc) is 2.98. The highest BCUT2D eigenvalue weighted by Crippen LogP contribution is 2.32. The zero-order valence-electron chi connectivity index (χ0n) is 22.4. The fourth-order valence-electron chi connectivity index (χ4n) is 3.66. The number of aryl methyl sites for hydroxylation is 1. The van der Waals surface area contributed by atoms with E-state index in [1.807, 2.05) is 19.1 Å². The number of ether oxygens (including phenoxy) is 1. The van der Waals surface area contributed by atoms with Crippen molar-refractivity contribution < 1.29 is 24.0 Å². The van der Waals surface area contributed by atoms with Gasteiger partial charge in [-0.1, -0.05) is 39.7 Å². The summed E-state index contributed by atoms with van der Waals surface area (Å²) in [5, 5.41) is 17.6. The summed E-state index contributed by atoms with van der Waals surface area (Å²) in [7, 11) is 0. The molecule has 0 aliphatic rings. The van der Waals surface area contributed by atoms with Crippen LogP contribution in [0.25, 0.3) is 6.08 Å². The molecular weight excluding hydrogens is 684 g/mol. The number of hydrazone groups is 1. The van der Waals surface area contributed by atoms with E-state index < -0.39 is 16.8 Å². The lowest BCUT2D eigenvalue weighted by Crippen LogP contribution is -2.18. The van der Waals surface area contributed by atoms with Gasteiger partial charge < -0.3 is 10.1 Å². The molecule has 0 radical (unpaired) electrons. The molecule has 12 heteroatoms. The van der Waals surface area contributed by atoms with E-state index in [9.17, 15) is 24.5 Å². The van der Waals surface area contributed by atoms with Crippen molar-refractivity contribution in [3.05, 3.63) is 138 Å². The number of esters is 1. The summed E-state index contributed by atoms with van der Waals surface area (Å²) in [6.45, 7) is 1.93. The summed E-state index contributed by atoms with van der Waals surface area (Å²) in [6.07, 6.45) is 3.96. The molecule has 4 aromatic carbocycles. The van der Waals surface area contributed by atoms with Crippen molar-refractivity contribution in [2.24, 2.45) is 5.10 Å². The fraction of sp³-hybridized carbons (Fsp3) is 0.0323. The maximum atomic E-state index is 12.8. The van der Waals surface area contributed by atoms with Crippen LogP contribution in [0.3, 0.4) is 0 Å². The van der Waals surface area contributed by atoms with Gasteiger partial charge in [-0.3, -0.25) is 19.7 Å². The molecule has 0 spiro atoms. The maximum absolute atomic E-state index is 12.8. The van der Waals surface area contributed by atoms with E-state index in [1.54, 1.807) is 42.5 Å². The monoisotopic (exact) mass is 704 g/mol. The van der Waals surface area contributed by atoms with Crippen LogP contribution in [0.2, 0.25) is 0 Å². The van der Waals surface area contributed by atoms with Gasteiger partial charge in [0.1, 0.15) is 0 Å². The molecule has 0 bridgehead atoms. The number of anilines is 1. The van der Waals surface area contributed by atoms with E-state index in [0.29, 0.717) is 31.3 Å². The minimum atomic E-state index is -0.704. The molecule has 2 N–H and O–H groups in total. The first kappa shape index (κ1) is 31.0. The van der Waals surface area contributed by atoms with Crippen LogP contribution >= 0.6 is 31.9 Å². The van der Waals surface area contributed by atoms with E-state index in [-0.39, 0.29) is 22.9 Å². The Morgan fingerprint density at radius 1 is 0.907 bits per heavy atom. The highest BCUT2D eigenvalue weighted by atomic mass is 79.9. The van der Waals surface area contributed by atoms with Crippen molar-refractivity contribution >= 4 is 73.3 Å². The Balaban J connectivity index is 1.42. The lowest BCUT2D eigenvalue weighted by atomic mass is 10.1. The van der Waals surface area contributed by atoms with Crippen LogP contribution in [-0.4, -0.2) is 28.9 Å². The fourth-order valence-corrected chi connectivity index (χ4v) is 5.00. The normalized spacial score (nSPS) is 11.0. The summed E-state index contributed by atoms with van der Waals surface area (Å²) < 4.78 is 6.61. The predicted octanol–water partition coefficient (Wildman–Crippen LogP) is 7.06. The van der Waals surface area contributed by atoms with E-state index in [0.717, 1.165) is 5.56 Å². The molecule has 0 aliphatic heterocycles. The molecule has 0 saturated carbocycles. The van der Waals surface area contributed by atoms with Gasteiger partial charge in [0.05, 0.1) is 15.6 Å². The minimum absolute atomic E-state index is 0.0628. The first-order chi connectivity index (χ1) is 20.6. The number of hydrogen-bond donors (Lipinski definition) is 2. The van der Waals surface area contributed by atoms with E-state index in [2.05, 4.69) is 47.7 Å². The van der Waals surface area contributed by atoms with Gasteiger partial charge in [-0.05, 0) is 89.1 Å². The highest BCUT2D eigenvalue weighted by molar-refractivity contribution is 9.11. The van der Waals surface area contributed by atoms with Crippen LogP contribution in [0.15, 0.2) is 105 Å². The van der Waals surface area contributed by atoms with Crippen molar-refractivity contribution in [1.82, 2.24) is 5.43 Å². The van der Waals surface area contributed by atoms with Gasteiger partial charge in [-0.2, -0.15) is 5.10 Å². The second kappa shape index (κ2) is 14.3. The summed E-state index contributed by atoms with van der Waals surface area (Å²) in [6, 6.07) is 22.5. The van der Waals surface area contributed by atoms with Crippen LogP contribution in [0.1, 0.15) is 37.4 Å². The smallest absolute Gasteiger partial charge is 0.336 e. The SMILES string of the molecule is Cc1ccc(C(=O)Nc2cccc(C(=O)NN=Cc3cc(Br)cc(Br)c3OC(=O)/C=C/c3ccc([N+](=O)[O-])cc3)c2)cc1. The maximum Gasteiger partial charge on any atom is 0.336 e. The Hall–Kier alpha value is -4.94. The third kappa shape index (κ3) is 8.77. The number of nitro groups is 1. The predicted molar refractivity (Wildman–Crippen MR) is 170 cm³/mol. The number of rotatable bonds is 9. The highest BCUT2D eigenvalue weighted by Gasteiger charge is 2.14. The topological polar surface area (TPSA) is 140 Å². The number of hydrogen-bond acceptors (Lipinski definition) is 7. The van der Waals surface area contributed by atoms with E-state index in [4.69, 9.17) is 4.74 Å². The molecule has 0 unspecified atom stereocenters. The molecule has 2 amide bonds. The average molecular weight is 706 g/mol. The number of halogens is 2. The number of carbonyl (C=O) groups is 3. The van der Waals surface area contributed by atoms with Gasteiger partial charge in [-0.25, -0.2) is 10.2 Å². The van der Waals surface area contributed by atoms with Crippen molar-refractivity contribution in [3.63, 3.8) is 0 Å². The molecule has 43 heavy (non-hydrogen) atoms. The number of nitrogens with one attached hydrogen (secondary N) is 2. The van der Waals surface area contributed by atoms with Gasteiger partial charge in [0, 0.05) is 45.1 Å². The Labute approximate surface area is 262 Å². The molecule has 0 aliphatic carbocycles. The number of benzene rings is 4. The minimum Gasteiger partial charge on any atom is -0.421 e. The molecule has 10 nitrogen and oxygen atoms in total. The Morgan fingerprint density at radius 3 is 2.33 bits per heavy atom. The summed E-state index contributed by atoms with van der Waals surface area (Å²) in [4.78, 5) is 48.1. The van der Waals surface area contributed by atoms with Crippen LogP contribution in [-0.2, 0) is 4.79 Å². The Kier molecular flexibility index (Phi) is 10.3. The molecule has 0 atom stereocenters. The molecule has 0 saturated heterocycles. The van der Waals surface area contributed by atoms with E-state index in [1.165, 1.54) is 48.7 Å². The van der Waals surface area contributed by atoms with Crippen molar-refractivity contribution in [2.75, 3.05) is 5.32 Å². The Morgan fingerprint density at radius 2 is 1.63 bits per heavy atom. The second-order valence-corrected chi connectivity index (χ2v) is 10.8. The second-order valence-electron chi connectivity index (χ2n) is 9.01. The molecule has 0 aromatic heterocycles. The molecule has 216 valence electrons. The van der Waals surface area contributed by atoms with E-state index >= 15 is 0 Å². The van der Waals surface area contributed by atoms with Crippen LogP contribution in [0.4, 0.5) is 11.4 Å². The zero-order valence-corrected chi connectivity index (χ0v) is 25.6. The first-order valence-electron chi connectivity index (χ1n) is 12.5. The van der Waals surface area contributed by atoms with Crippen LogP contribution < -0.4 is 15.5 Å². The first-order valence-corrected chi connectivity index (χ1v) is 14.1. The van der Waals surface area contributed by atoms with Gasteiger partial charge in [-0.15, -0.1) is 0 Å². The number of nitro benzene ring substituents is 1. The molecule has 4 rings (SSSR count). The summed E-state index contributed by atoms with van der Waals surface area (Å²) >= 11 is 6.75. The largest absolute Gasteiger partial charge is 0.421 e. The number of carbonyl (C=O) groups excluding carboxylic acids is 3. The molecular formula is C31H22Br2N4O6. The van der Waals surface area contributed by atoms with Gasteiger partial charge >= 0.3 is 5.97 Å². The third-order valence-electron chi connectivity index (χ3n) is 5.82. The third-order valence-corrected chi connectivity index (χ3v) is 6.87. The summed E-state index contributed by atoms with van der Waals surface area (Å²) in [5.41, 5.74) is 5.53. The number of non-ortho nitro benzene ring substituents is 1. The number of nitrogens with zero attached hydrogens (tertiary/aromatic N) is 2. The zero-order chi connectivity index (χ0) is 30.9. The van der Waals surface area contributed by atoms with Crippen molar-refractivity contribution in [1.29, 1.82) is 0 Å². The lowest BCUT2D eigenvalue weighted by Gasteiger charge is -2.09. The van der Waals surface area contributed by atoms with Crippen molar-refractivity contribution in [2.45, 2.75) is 6.92 Å². The lowest BCUT2D eigenvalue weighted by molar-refractivity contribution is -0.384. The number of amides is 2. The molecule has 0 heterocycles. The molecule has 0 fully saturated rings. The van der Waals surface area contributed by atoms with Crippen LogP contribution in [0.5, 0.6) is 5.75 Å². The Bertz CT molecular complexity index is 1750. The van der Waals surface area contributed by atoms with Crippen molar-refractivity contribution in [3.8, 4) is 5.75 Å². The standard InChI is InChI=1S/C31H22Br2N4O6/c1-19-5-10-21(11-6-19)30(39)35-25-4-2-3-22(16-25)31(40)36-34-18-23-15-24(32)17-27(33)29(23)43-28(38)14-9-20-7-12-26(13-8-20)37(41)42/h2-18H,1H3,(H,35,39)(H,36,40)/b14-9+,34-18?.